The summed E-state index contributed by atoms with van der Waals surface area (Å²) >= 11 is 0. The van der Waals surface area contributed by atoms with Crippen LogP contribution >= 0.6 is 0 Å². The lowest BCUT2D eigenvalue weighted by Crippen LogP contribution is -2.56. The van der Waals surface area contributed by atoms with Crippen molar-refractivity contribution in [1.82, 2.24) is 0 Å². The minimum Gasteiger partial charge on any atom is -0.510 e. The number of fused-ring (bicyclic) bond motifs is 5. The van der Waals surface area contributed by atoms with E-state index in [9.17, 15) is 20.1 Å². The molecule has 3 fully saturated rings. The quantitative estimate of drug-likeness (QED) is 0.475. The van der Waals surface area contributed by atoms with Crippen molar-refractivity contribution in [3.63, 3.8) is 0 Å². The summed E-state index contributed by atoms with van der Waals surface area (Å²) < 4.78 is 5.50. The summed E-state index contributed by atoms with van der Waals surface area (Å²) in [5, 5.41) is 32.1. The fourth-order valence-electron chi connectivity index (χ4n) is 7.42. The van der Waals surface area contributed by atoms with E-state index in [2.05, 4.69) is 19.8 Å². The third-order valence-electron chi connectivity index (χ3n) is 8.96. The van der Waals surface area contributed by atoms with Crippen LogP contribution in [-0.4, -0.2) is 39.1 Å². The van der Waals surface area contributed by atoms with E-state index >= 15 is 0 Å². The first kappa shape index (κ1) is 19.8. The highest BCUT2D eigenvalue weighted by molar-refractivity contribution is 5.66. The number of terminal acetylenes is 1. The summed E-state index contributed by atoms with van der Waals surface area (Å²) in [5.41, 5.74) is -1.04. The zero-order valence-electron chi connectivity index (χ0n) is 17.1. The molecule has 0 aromatic carbocycles. The molecule has 0 aliphatic heterocycles. The largest absolute Gasteiger partial charge is 0.510 e. The molecule has 0 aromatic rings. The lowest BCUT2D eigenvalue weighted by Gasteiger charge is -2.58. The molecule has 0 radical (unpaired) electrons. The van der Waals surface area contributed by atoms with E-state index in [0.29, 0.717) is 24.7 Å². The molecule has 0 spiro atoms. The van der Waals surface area contributed by atoms with E-state index in [0.717, 1.165) is 37.7 Å². The van der Waals surface area contributed by atoms with Gasteiger partial charge in [-0.2, -0.15) is 0 Å². The first-order valence-electron chi connectivity index (χ1n) is 10.6. The SMILES string of the molecule is C#C[C@]1(O)[C@H](OC(C)=O)C[C@H]2[C@@H]3CCC4=C(O)[C@@H](O)CC[C@]4(C)[C@H]3CC[C@@]21C. The molecular weight excluding hydrogens is 356 g/mol. The average molecular weight is 389 g/mol. The topological polar surface area (TPSA) is 87.0 Å². The molecule has 0 bridgehead atoms. The maximum atomic E-state index is 11.6. The molecule has 5 heteroatoms. The Labute approximate surface area is 167 Å². The van der Waals surface area contributed by atoms with Crippen molar-refractivity contribution in [3.8, 4) is 12.3 Å². The van der Waals surface area contributed by atoms with Crippen LogP contribution in [0.3, 0.4) is 0 Å². The maximum absolute atomic E-state index is 11.6. The van der Waals surface area contributed by atoms with Gasteiger partial charge in [-0.1, -0.05) is 19.8 Å². The zero-order chi connectivity index (χ0) is 20.5. The number of aliphatic hydroxyl groups is 3. The summed E-state index contributed by atoms with van der Waals surface area (Å²) in [7, 11) is 0. The van der Waals surface area contributed by atoms with E-state index < -0.39 is 29.2 Å². The number of allylic oxidation sites excluding steroid dienone is 1. The smallest absolute Gasteiger partial charge is 0.303 e. The van der Waals surface area contributed by atoms with Crippen molar-refractivity contribution >= 4 is 5.97 Å². The van der Waals surface area contributed by atoms with Gasteiger partial charge in [-0.3, -0.25) is 4.79 Å². The second-order valence-electron chi connectivity index (χ2n) is 9.95. The highest BCUT2D eigenvalue weighted by atomic mass is 16.6. The number of aliphatic hydroxyl groups excluding tert-OH is 2. The van der Waals surface area contributed by atoms with Crippen molar-refractivity contribution in [3.05, 3.63) is 11.3 Å². The normalized spacial score (nSPS) is 50.2. The highest BCUT2D eigenvalue weighted by Crippen LogP contribution is 2.68. The van der Waals surface area contributed by atoms with Gasteiger partial charge in [0.05, 0.1) is 0 Å². The Morgan fingerprint density at radius 2 is 1.93 bits per heavy atom. The van der Waals surface area contributed by atoms with Gasteiger partial charge in [0, 0.05) is 12.3 Å². The summed E-state index contributed by atoms with van der Waals surface area (Å²) in [6.45, 7) is 5.65. The van der Waals surface area contributed by atoms with Gasteiger partial charge in [-0.25, -0.2) is 0 Å². The molecule has 4 aliphatic rings. The Morgan fingerprint density at radius 3 is 2.57 bits per heavy atom. The minimum atomic E-state index is -1.45. The van der Waals surface area contributed by atoms with Crippen LogP contribution in [-0.2, 0) is 9.53 Å². The molecule has 4 rings (SSSR count). The molecule has 0 amide bonds. The van der Waals surface area contributed by atoms with Crippen LogP contribution in [0.1, 0.15) is 65.7 Å². The van der Waals surface area contributed by atoms with Gasteiger partial charge in [-0.05, 0) is 73.7 Å². The maximum Gasteiger partial charge on any atom is 0.303 e. The molecule has 28 heavy (non-hydrogen) atoms. The van der Waals surface area contributed by atoms with Gasteiger partial charge in [0.15, 0.2) is 5.60 Å². The fourth-order valence-corrected chi connectivity index (χ4v) is 7.42. The molecule has 5 nitrogen and oxygen atoms in total. The molecule has 0 saturated heterocycles. The predicted molar refractivity (Wildman–Crippen MR) is 104 cm³/mol. The first-order chi connectivity index (χ1) is 13.1. The van der Waals surface area contributed by atoms with Crippen LogP contribution in [0.4, 0.5) is 0 Å². The van der Waals surface area contributed by atoms with Crippen molar-refractivity contribution < 1.29 is 24.9 Å². The Hall–Kier alpha value is -1.51. The summed E-state index contributed by atoms with van der Waals surface area (Å²) in [6.07, 6.45) is 9.78. The number of carbonyl (C=O) groups excluding carboxylic acids is 1. The molecule has 3 N–H and O–H groups in total. The van der Waals surface area contributed by atoms with Gasteiger partial charge in [0.25, 0.3) is 0 Å². The van der Waals surface area contributed by atoms with Crippen LogP contribution in [0.15, 0.2) is 11.3 Å². The summed E-state index contributed by atoms with van der Waals surface area (Å²) in [4.78, 5) is 11.6. The molecular formula is C23H32O5. The van der Waals surface area contributed by atoms with E-state index in [4.69, 9.17) is 11.2 Å². The molecule has 4 aliphatic carbocycles. The number of esters is 1. The van der Waals surface area contributed by atoms with Gasteiger partial charge in [-0.15, -0.1) is 6.42 Å². The van der Waals surface area contributed by atoms with E-state index in [1.165, 1.54) is 6.92 Å². The second-order valence-corrected chi connectivity index (χ2v) is 9.95. The first-order valence-corrected chi connectivity index (χ1v) is 10.6. The Kier molecular flexibility index (Phi) is 4.41. The number of hydrogen-bond donors (Lipinski definition) is 3. The average Bonchev–Trinajstić information content (AvgIpc) is 2.86. The van der Waals surface area contributed by atoms with Crippen molar-refractivity contribution in [1.29, 1.82) is 0 Å². The standard InChI is InChI=1S/C23H32O5/c1-5-23(27)19(28-13(2)24)12-17-14-6-7-16-20(26)18(25)9-10-21(16,3)15(14)8-11-22(17,23)4/h1,14-15,17-19,25-27H,6-12H2,2-4H3/t14-,15+,17+,18+,19-,21-,22+,23+/m1/s1. The monoisotopic (exact) mass is 388 g/mol. The Bertz CT molecular complexity index is 765. The number of ether oxygens (including phenoxy) is 1. The lowest BCUT2D eigenvalue weighted by atomic mass is 9.46. The zero-order valence-corrected chi connectivity index (χ0v) is 17.1. The Morgan fingerprint density at radius 1 is 1.21 bits per heavy atom. The van der Waals surface area contributed by atoms with Crippen LogP contribution in [0, 0.1) is 40.9 Å². The van der Waals surface area contributed by atoms with Crippen LogP contribution in [0.2, 0.25) is 0 Å². The van der Waals surface area contributed by atoms with E-state index in [1.807, 2.05) is 0 Å². The van der Waals surface area contributed by atoms with E-state index in [-0.39, 0.29) is 17.1 Å². The molecule has 0 aromatic heterocycles. The minimum absolute atomic E-state index is 0.124. The number of hydrogen-bond acceptors (Lipinski definition) is 5. The highest BCUT2D eigenvalue weighted by Gasteiger charge is 2.68. The molecule has 0 unspecified atom stereocenters. The lowest BCUT2D eigenvalue weighted by molar-refractivity contribution is -0.163. The summed E-state index contributed by atoms with van der Waals surface area (Å²) in [6, 6.07) is 0. The summed E-state index contributed by atoms with van der Waals surface area (Å²) in [5.74, 6) is 3.28. The third kappa shape index (κ3) is 2.37. The van der Waals surface area contributed by atoms with Crippen molar-refractivity contribution in [2.75, 3.05) is 0 Å². The van der Waals surface area contributed by atoms with Crippen molar-refractivity contribution in [2.45, 2.75) is 83.5 Å². The molecule has 0 heterocycles. The van der Waals surface area contributed by atoms with Gasteiger partial charge < -0.3 is 20.1 Å². The Balaban J connectivity index is 1.71. The molecule has 3 saturated carbocycles. The molecule has 154 valence electrons. The second kappa shape index (κ2) is 6.24. The fraction of sp³-hybridized carbons (Fsp3) is 0.783. The number of carbonyl (C=O) groups is 1. The van der Waals surface area contributed by atoms with Gasteiger partial charge >= 0.3 is 5.97 Å². The number of rotatable bonds is 1. The van der Waals surface area contributed by atoms with Crippen molar-refractivity contribution in [2.24, 2.45) is 28.6 Å². The predicted octanol–water partition coefficient (Wildman–Crippen LogP) is 3.10. The third-order valence-corrected chi connectivity index (χ3v) is 8.96. The van der Waals surface area contributed by atoms with Crippen LogP contribution in [0.25, 0.3) is 0 Å². The van der Waals surface area contributed by atoms with Crippen LogP contribution in [0.5, 0.6) is 0 Å². The van der Waals surface area contributed by atoms with Gasteiger partial charge in [0.2, 0.25) is 0 Å². The van der Waals surface area contributed by atoms with Gasteiger partial charge in [0.1, 0.15) is 18.0 Å². The van der Waals surface area contributed by atoms with Crippen LogP contribution < -0.4 is 0 Å². The van der Waals surface area contributed by atoms with E-state index in [1.54, 1.807) is 0 Å². The molecule has 8 atom stereocenters.